The van der Waals surface area contributed by atoms with E-state index < -0.39 is 0 Å². The fourth-order valence-corrected chi connectivity index (χ4v) is 1.02. The van der Waals surface area contributed by atoms with E-state index >= 15 is 0 Å². The van der Waals surface area contributed by atoms with Crippen molar-refractivity contribution in [3.8, 4) is 0 Å². The van der Waals surface area contributed by atoms with Crippen molar-refractivity contribution in [2.24, 2.45) is 5.92 Å². The highest BCUT2D eigenvalue weighted by atomic mass is 16.2. The maximum Gasteiger partial charge on any atom is 0.239 e. The molecule has 0 aliphatic carbocycles. The van der Waals surface area contributed by atoms with E-state index in [0.29, 0.717) is 5.92 Å². The average Bonchev–Trinajstić information content (AvgIpc) is 2.11. The zero-order chi connectivity index (χ0) is 10.4. The van der Waals surface area contributed by atoms with Gasteiger partial charge in [0, 0.05) is 13.6 Å². The third-order valence-corrected chi connectivity index (χ3v) is 2.22. The fraction of sp³-hybridized carbons (Fsp3) is 0.900. The Morgan fingerprint density at radius 1 is 1.38 bits per heavy atom. The van der Waals surface area contributed by atoms with E-state index in [1.54, 1.807) is 11.9 Å². The lowest BCUT2D eigenvalue weighted by atomic mass is 10.1. The molecule has 1 atom stereocenters. The number of carbonyl (C=O) groups is 1. The molecule has 0 saturated heterocycles. The number of nitrogens with one attached hydrogen (secondary N) is 1. The lowest BCUT2D eigenvalue weighted by Gasteiger charge is -2.21. The lowest BCUT2D eigenvalue weighted by Crippen LogP contribution is -2.42. The summed E-state index contributed by atoms with van der Waals surface area (Å²) in [4.78, 5) is 13.3. The standard InChI is InChI=1S/C10H22N2O/c1-8(2)6-7-12(5)10(13)9(3)11-4/h8-9,11H,6-7H2,1-5H3. The second kappa shape index (κ2) is 5.97. The zero-order valence-corrected chi connectivity index (χ0v) is 9.42. The van der Waals surface area contributed by atoms with Gasteiger partial charge in [0.15, 0.2) is 0 Å². The molecule has 0 aromatic carbocycles. The van der Waals surface area contributed by atoms with E-state index in [9.17, 15) is 4.79 Å². The van der Waals surface area contributed by atoms with Crippen LogP contribution in [0.4, 0.5) is 0 Å². The van der Waals surface area contributed by atoms with Crippen LogP contribution < -0.4 is 5.32 Å². The predicted octanol–water partition coefficient (Wildman–Crippen LogP) is 1.10. The average molecular weight is 186 g/mol. The molecule has 0 radical (unpaired) electrons. The number of hydrogen-bond donors (Lipinski definition) is 1. The summed E-state index contributed by atoms with van der Waals surface area (Å²) >= 11 is 0. The maximum absolute atomic E-state index is 11.6. The number of amides is 1. The number of nitrogens with zero attached hydrogens (tertiary/aromatic N) is 1. The van der Waals surface area contributed by atoms with Crippen LogP contribution in [0, 0.1) is 5.92 Å². The van der Waals surface area contributed by atoms with Crippen molar-refractivity contribution in [2.45, 2.75) is 33.2 Å². The Morgan fingerprint density at radius 2 is 1.92 bits per heavy atom. The number of carbonyl (C=O) groups excluding carboxylic acids is 1. The minimum absolute atomic E-state index is 0.0721. The molecule has 0 fully saturated rings. The molecule has 0 aliphatic heterocycles. The Hall–Kier alpha value is -0.570. The summed E-state index contributed by atoms with van der Waals surface area (Å²) in [6, 6.07) is -0.0721. The topological polar surface area (TPSA) is 32.3 Å². The van der Waals surface area contributed by atoms with Crippen LogP contribution in [-0.4, -0.2) is 37.5 Å². The second-order valence-corrected chi connectivity index (χ2v) is 3.95. The third kappa shape index (κ3) is 4.88. The smallest absolute Gasteiger partial charge is 0.239 e. The van der Waals surface area contributed by atoms with E-state index in [2.05, 4.69) is 19.2 Å². The zero-order valence-electron chi connectivity index (χ0n) is 9.42. The van der Waals surface area contributed by atoms with Gasteiger partial charge in [-0.05, 0) is 26.3 Å². The number of rotatable bonds is 5. The van der Waals surface area contributed by atoms with E-state index in [-0.39, 0.29) is 11.9 Å². The highest BCUT2D eigenvalue weighted by Crippen LogP contribution is 2.01. The lowest BCUT2D eigenvalue weighted by molar-refractivity contribution is -0.131. The van der Waals surface area contributed by atoms with Crippen LogP contribution in [0.3, 0.4) is 0 Å². The van der Waals surface area contributed by atoms with Crippen LogP contribution >= 0.6 is 0 Å². The molecule has 0 saturated carbocycles. The Kier molecular flexibility index (Phi) is 5.71. The number of hydrogen-bond acceptors (Lipinski definition) is 2. The third-order valence-electron chi connectivity index (χ3n) is 2.22. The predicted molar refractivity (Wildman–Crippen MR) is 55.6 cm³/mol. The summed E-state index contributed by atoms with van der Waals surface area (Å²) in [6.07, 6.45) is 1.07. The molecular formula is C10H22N2O. The van der Waals surface area contributed by atoms with Crippen LogP contribution in [0.2, 0.25) is 0 Å². The molecule has 1 amide bonds. The van der Waals surface area contributed by atoms with Crippen molar-refractivity contribution >= 4 is 5.91 Å². The molecule has 0 aromatic rings. The first-order chi connectivity index (χ1) is 5.99. The number of likely N-dealkylation sites (N-methyl/N-ethyl adjacent to an activating group) is 2. The maximum atomic E-state index is 11.6. The minimum atomic E-state index is -0.0721. The van der Waals surface area contributed by atoms with Gasteiger partial charge < -0.3 is 10.2 Å². The molecule has 0 aliphatic rings. The van der Waals surface area contributed by atoms with Crippen LogP contribution in [0.15, 0.2) is 0 Å². The Bertz CT molecular complexity index is 157. The Balaban J connectivity index is 3.82. The fourth-order valence-electron chi connectivity index (χ4n) is 1.02. The summed E-state index contributed by atoms with van der Waals surface area (Å²) in [7, 11) is 3.66. The molecule has 3 heteroatoms. The van der Waals surface area contributed by atoms with Crippen LogP contribution in [0.5, 0.6) is 0 Å². The van der Waals surface area contributed by atoms with Crippen LogP contribution in [0.25, 0.3) is 0 Å². The van der Waals surface area contributed by atoms with Crippen molar-refractivity contribution in [2.75, 3.05) is 20.6 Å². The van der Waals surface area contributed by atoms with Crippen molar-refractivity contribution in [3.63, 3.8) is 0 Å². The van der Waals surface area contributed by atoms with Gasteiger partial charge >= 0.3 is 0 Å². The van der Waals surface area contributed by atoms with E-state index in [0.717, 1.165) is 13.0 Å². The van der Waals surface area contributed by atoms with Gasteiger partial charge in [0.25, 0.3) is 0 Å². The SMILES string of the molecule is CNC(C)C(=O)N(C)CCC(C)C. The van der Waals surface area contributed by atoms with Crippen molar-refractivity contribution in [1.29, 1.82) is 0 Å². The van der Waals surface area contributed by atoms with Gasteiger partial charge in [0.2, 0.25) is 5.91 Å². The summed E-state index contributed by atoms with van der Waals surface area (Å²) in [5.41, 5.74) is 0. The Morgan fingerprint density at radius 3 is 2.31 bits per heavy atom. The summed E-state index contributed by atoms with van der Waals surface area (Å²) < 4.78 is 0. The molecule has 1 unspecified atom stereocenters. The van der Waals surface area contributed by atoms with Gasteiger partial charge in [-0.2, -0.15) is 0 Å². The minimum Gasteiger partial charge on any atom is -0.344 e. The molecule has 0 heterocycles. The van der Waals surface area contributed by atoms with Gasteiger partial charge in [-0.15, -0.1) is 0 Å². The molecule has 0 rings (SSSR count). The first kappa shape index (κ1) is 12.4. The molecule has 0 spiro atoms. The molecule has 78 valence electrons. The molecule has 1 N–H and O–H groups in total. The quantitative estimate of drug-likeness (QED) is 0.697. The molecule has 3 nitrogen and oxygen atoms in total. The van der Waals surface area contributed by atoms with E-state index in [1.807, 2.05) is 14.0 Å². The van der Waals surface area contributed by atoms with E-state index in [1.165, 1.54) is 0 Å². The second-order valence-electron chi connectivity index (χ2n) is 3.95. The highest BCUT2D eigenvalue weighted by Gasteiger charge is 2.14. The van der Waals surface area contributed by atoms with Crippen molar-refractivity contribution < 1.29 is 4.79 Å². The van der Waals surface area contributed by atoms with Gasteiger partial charge in [-0.3, -0.25) is 4.79 Å². The van der Waals surface area contributed by atoms with Gasteiger partial charge in [0.1, 0.15) is 0 Å². The first-order valence-electron chi connectivity index (χ1n) is 4.91. The first-order valence-corrected chi connectivity index (χ1v) is 4.91. The van der Waals surface area contributed by atoms with Crippen LogP contribution in [0.1, 0.15) is 27.2 Å². The monoisotopic (exact) mass is 186 g/mol. The van der Waals surface area contributed by atoms with Crippen molar-refractivity contribution in [1.82, 2.24) is 10.2 Å². The van der Waals surface area contributed by atoms with Crippen LogP contribution in [-0.2, 0) is 4.79 Å². The summed E-state index contributed by atoms with van der Waals surface area (Å²) in [5.74, 6) is 0.822. The van der Waals surface area contributed by atoms with E-state index in [4.69, 9.17) is 0 Å². The molecule has 13 heavy (non-hydrogen) atoms. The largest absolute Gasteiger partial charge is 0.344 e. The Labute approximate surface area is 81.5 Å². The van der Waals surface area contributed by atoms with Gasteiger partial charge in [-0.1, -0.05) is 13.8 Å². The highest BCUT2D eigenvalue weighted by molar-refractivity contribution is 5.81. The normalized spacial score (nSPS) is 13.1. The molecular weight excluding hydrogens is 164 g/mol. The summed E-state index contributed by atoms with van der Waals surface area (Å²) in [6.45, 7) is 7.07. The molecule has 0 aromatic heterocycles. The van der Waals surface area contributed by atoms with Gasteiger partial charge in [-0.25, -0.2) is 0 Å². The van der Waals surface area contributed by atoms with Crippen molar-refractivity contribution in [3.05, 3.63) is 0 Å². The van der Waals surface area contributed by atoms with Gasteiger partial charge in [0.05, 0.1) is 6.04 Å². The summed E-state index contributed by atoms with van der Waals surface area (Å²) in [5, 5.41) is 2.94. The molecule has 0 bridgehead atoms.